The summed E-state index contributed by atoms with van der Waals surface area (Å²) in [7, 11) is 0. The summed E-state index contributed by atoms with van der Waals surface area (Å²) in [5.41, 5.74) is 3.63. The molecule has 0 N–H and O–H groups in total. The van der Waals surface area contributed by atoms with Gasteiger partial charge in [-0.25, -0.2) is 9.59 Å². The van der Waals surface area contributed by atoms with E-state index in [1.807, 2.05) is 175 Å². The lowest BCUT2D eigenvalue weighted by Crippen LogP contribution is -2.32. The predicted octanol–water partition coefficient (Wildman–Crippen LogP) is 8.82. The Labute approximate surface area is 285 Å². The molecule has 4 aromatic rings. The van der Waals surface area contributed by atoms with Gasteiger partial charge in [0.2, 0.25) is 0 Å². The second-order valence-corrected chi connectivity index (χ2v) is 13.5. The van der Waals surface area contributed by atoms with Crippen molar-refractivity contribution in [2.75, 3.05) is 0 Å². The number of ether oxygens (including phenoxy) is 2. The van der Waals surface area contributed by atoms with Crippen LogP contribution in [0.15, 0.2) is 143 Å². The monoisotopic (exact) mass is 642 g/mol. The van der Waals surface area contributed by atoms with Gasteiger partial charge in [-0.3, -0.25) is 9.98 Å². The van der Waals surface area contributed by atoms with Crippen molar-refractivity contribution >= 4 is 23.4 Å². The minimum atomic E-state index is -0.816. The Bertz CT molecular complexity index is 1490. The number of hydrogen-bond donors (Lipinski definition) is 0. The van der Waals surface area contributed by atoms with E-state index in [2.05, 4.69) is 0 Å². The van der Waals surface area contributed by atoms with Crippen molar-refractivity contribution in [3.05, 3.63) is 156 Å². The molecule has 0 bridgehead atoms. The van der Waals surface area contributed by atoms with E-state index in [0.29, 0.717) is 11.4 Å². The van der Waals surface area contributed by atoms with E-state index in [4.69, 9.17) is 19.5 Å². The maximum atomic E-state index is 13.6. The van der Waals surface area contributed by atoms with E-state index >= 15 is 0 Å². The highest BCUT2D eigenvalue weighted by Crippen LogP contribution is 2.20. The first-order valence-corrected chi connectivity index (χ1v) is 16.4. The molecular weight excluding hydrogens is 596 g/mol. The van der Waals surface area contributed by atoms with Crippen LogP contribution < -0.4 is 0 Å². The normalized spacial score (nSPS) is 12.9. The molecule has 0 spiro atoms. The highest BCUT2D eigenvalue weighted by atomic mass is 16.6. The lowest BCUT2D eigenvalue weighted by molar-refractivity contribution is -0.157. The summed E-state index contributed by atoms with van der Waals surface area (Å²) in [4.78, 5) is 37.1. The summed E-state index contributed by atoms with van der Waals surface area (Å²) in [5.74, 6) is -0.845. The van der Waals surface area contributed by atoms with E-state index in [1.165, 1.54) is 0 Å². The van der Waals surface area contributed by atoms with Gasteiger partial charge in [0.05, 0.1) is 11.4 Å². The van der Waals surface area contributed by atoms with Crippen LogP contribution in [-0.4, -0.2) is 46.6 Å². The maximum absolute atomic E-state index is 13.6. The third kappa shape index (κ3) is 11.3. The van der Waals surface area contributed by atoms with Crippen LogP contribution in [0.1, 0.15) is 76.6 Å². The highest BCUT2D eigenvalue weighted by molar-refractivity contribution is 6.14. The van der Waals surface area contributed by atoms with E-state index in [0.717, 1.165) is 22.3 Å². The van der Waals surface area contributed by atoms with Gasteiger partial charge in [0.1, 0.15) is 11.2 Å². The van der Waals surface area contributed by atoms with Crippen LogP contribution >= 0.6 is 0 Å². The number of carbonyl (C=O) groups excluding carboxylic acids is 2. The van der Waals surface area contributed by atoms with E-state index in [-0.39, 0.29) is 12.8 Å². The first-order chi connectivity index (χ1) is 22.9. The number of rotatable bonds is 12. The summed E-state index contributed by atoms with van der Waals surface area (Å²) in [6.45, 7) is 11.1. The molecule has 0 saturated heterocycles. The Morgan fingerprint density at radius 2 is 0.750 bits per heavy atom. The quantitative estimate of drug-likeness (QED) is 0.0879. The van der Waals surface area contributed by atoms with Gasteiger partial charge in [0.25, 0.3) is 0 Å². The molecular formula is C42H46N2O4. The van der Waals surface area contributed by atoms with Crippen LogP contribution in [0.4, 0.5) is 0 Å². The summed E-state index contributed by atoms with van der Waals surface area (Å²) in [6.07, 6.45) is 4.30. The lowest BCUT2D eigenvalue weighted by Gasteiger charge is -2.23. The van der Waals surface area contributed by atoms with Gasteiger partial charge in [-0.2, -0.15) is 0 Å². The average molecular weight is 643 g/mol. The molecule has 0 aliphatic heterocycles. The first-order valence-electron chi connectivity index (χ1n) is 16.4. The fourth-order valence-corrected chi connectivity index (χ4v) is 4.92. The van der Waals surface area contributed by atoms with E-state index in [1.54, 1.807) is 0 Å². The van der Waals surface area contributed by atoms with Crippen LogP contribution in [0.5, 0.6) is 0 Å². The Morgan fingerprint density at radius 1 is 0.500 bits per heavy atom. The van der Waals surface area contributed by atoms with E-state index in [9.17, 15) is 9.59 Å². The second-order valence-electron chi connectivity index (χ2n) is 13.5. The summed E-state index contributed by atoms with van der Waals surface area (Å²) >= 11 is 0. The molecule has 4 rings (SSSR count). The van der Waals surface area contributed by atoms with E-state index < -0.39 is 35.2 Å². The third-order valence-electron chi connectivity index (χ3n) is 7.00. The minimum absolute atomic E-state index is 0.271. The van der Waals surface area contributed by atoms with Gasteiger partial charge in [0, 0.05) is 22.3 Å². The maximum Gasteiger partial charge on any atom is 0.331 e. The van der Waals surface area contributed by atoms with Crippen molar-refractivity contribution < 1.29 is 19.1 Å². The first kappa shape index (κ1) is 35.7. The largest absolute Gasteiger partial charge is 0.458 e. The summed E-state index contributed by atoms with van der Waals surface area (Å²) in [6, 6.07) is 37.6. The van der Waals surface area contributed by atoms with Crippen molar-refractivity contribution in [2.45, 2.75) is 77.7 Å². The fraction of sp³-hybridized carbons (Fsp3) is 0.286. The molecule has 2 atom stereocenters. The molecule has 248 valence electrons. The molecule has 0 aromatic heterocycles. The third-order valence-corrected chi connectivity index (χ3v) is 7.00. The molecule has 0 heterocycles. The molecule has 0 amide bonds. The summed E-state index contributed by atoms with van der Waals surface area (Å²) in [5, 5.41) is 0. The number of esters is 2. The van der Waals surface area contributed by atoms with Gasteiger partial charge in [-0.1, -0.05) is 133 Å². The summed E-state index contributed by atoms with van der Waals surface area (Å²) < 4.78 is 11.6. The molecule has 48 heavy (non-hydrogen) atoms. The topological polar surface area (TPSA) is 77.3 Å². The zero-order valence-corrected chi connectivity index (χ0v) is 28.8. The van der Waals surface area contributed by atoms with Crippen LogP contribution in [0, 0.1) is 0 Å². The zero-order valence-electron chi connectivity index (χ0n) is 28.8. The molecule has 0 aliphatic carbocycles. The number of hydrogen-bond acceptors (Lipinski definition) is 6. The predicted molar refractivity (Wildman–Crippen MR) is 195 cm³/mol. The number of aliphatic imine (C=N–C) groups is 2. The van der Waals surface area contributed by atoms with Gasteiger partial charge >= 0.3 is 11.9 Å². The molecule has 6 heteroatoms. The Kier molecular flexibility index (Phi) is 12.4. The number of benzene rings is 4. The molecule has 0 saturated carbocycles. The van der Waals surface area contributed by atoms with Crippen molar-refractivity contribution in [2.24, 2.45) is 9.98 Å². The molecule has 0 unspecified atom stereocenters. The SMILES string of the molecule is CC(C)(C)OC(=O)[C@H](C/C=C/C[C@H](N=C(c1ccccc1)c1ccccc1)C(=O)OC(C)(C)C)N=C(c1ccccc1)c1ccccc1. The Hall–Kier alpha value is -5.10. The molecule has 0 radical (unpaired) electrons. The lowest BCUT2D eigenvalue weighted by atomic mass is 10.0. The molecule has 6 nitrogen and oxygen atoms in total. The van der Waals surface area contributed by atoms with Crippen LogP contribution in [0.2, 0.25) is 0 Å². The van der Waals surface area contributed by atoms with Gasteiger partial charge in [-0.05, 0) is 54.4 Å². The second kappa shape index (κ2) is 16.6. The number of nitrogens with zero attached hydrogens (tertiary/aromatic N) is 2. The fourth-order valence-electron chi connectivity index (χ4n) is 4.92. The Balaban J connectivity index is 1.69. The van der Waals surface area contributed by atoms with Gasteiger partial charge in [-0.15, -0.1) is 0 Å². The zero-order chi connectivity index (χ0) is 34.6. The van der Waals surface area contributed by atoms with Crippen molar-refractivity contribution in [1.82, 2.24) is 0 Å². The van der Waals surface area contributed by atoms with Crippen molar-refractivity contribution in [3.8, 4) is 0 Å². The van der Waals surface area contributed by atoms with Crippen molar-refractivity contribution in [3.63, 3.8) is 0 Å². The van der Waals surface area contributed by atoms with Crippen LogP contribution in [0.3, 0.4) is 0 Å². The molecule has 0 aliphatic rings. The van der Waals surface area contributed by atoms with Crippen molar-refractivity contribution in [1.29, 1.82) is 0 Å². The molecule has 0 fully saturated rings. The Morgan fingerprint density at radius 3 is 0.979 bits per heavy atom. The van der Waals surface area contributed by atoms with Gasteiger partial charge in [0.15, 0.2) is 12.1 Å². The number of carbonyl (C=O) groups is 2. The minimum Gasteiger partial charge on any atom is -0.458 e. The standard InChI is InChI=1S/C42H46N2O4/c1-41(2,3)47-39(45)35(43-37(31-21-11-7-12-22-31)32-23-13-8-14-24-32)29-19-20-30-36(40(46)48-42(4,5)6)44-38(33-25-15-9-16-26-33)34-27-17-10-18-28-34/h7-28,35-36H,29-30H2,1-6H3/b20-19+/t35-,36-/m0/s1. The van der Waals surface area contributed by atoms with Crippen LogP contribution in [-0.2, 0) is 19.1 Å². The smallest absolute Gasteiger partial charge is 0.331 e. The average Bonchev–Trinajstić information content (AvgIpc) is 3.05. The molecule has 4 aromatic carbocycles. The highest BCUT2D eigenvalue weighted by Gasteiger charge is 2.27. The van der Waals surface area contributed by atoms with Crippen LogP contribution in [0.25, 0.3) is 0 Å². The van der Waals surface area contributed by atoms with Gasteiger partial charge < -0.3 is 9.47 Å².